The van der Waals surface area contributed by atoms with Crippen LogP contribution in [0, 0.1) is 0 Å². The third-order valence-electron chi connectivity index (χ3n) is 3.93. The minimum Gasteiger partial charge on any atom is -0.372 e. The van der Waals surface area contributed by atoms with E-state index < -0.39 is 12.8 Å². The van der Waals surface area contributed by atoms with Crippen LogP contribution in [0.2, 0.25) is 0 Å². The summed E-state index contributed by atoms with van der Waals surface area (Å²) in [5, 5.41) is 3.21. The molecule has 1 N–H and O–H groups in total. The monoisotopic (exact) mass is 302 g/mol. The first-order chi connectivity index (χ1) is 10.0. The van der Waals surface area contributed by atoms with Crippen LogP contribution in [0.5, 0.6) is 0 Å². The zero-order valence-electron chi connectivity index (χ0n) is 12.1. The van der Waals surface area contributed by atoms with E-state index in [4.69, 9.17) is 4.74 Å². The van der Waals surface area contributed by atoms with Crippen molar-refractivity contribution in [3.05, 3.63) is 29.6 Å². The number of nitrogens with zero attached hydrogens (tertiary/aromatic N) is 1. The summed E-state index contributed by atoms with van der Waals surface area (Å²) >= 11 is 0. The highest BCUT2D eigenvalue weighted by Crippen LogP contribution is 2.33. The van der Waals surface area contributed by atoms with Crippen molar-refractivity contribution in [1.29, 1.82) is 0 Å². The summed E-state index contributed by atoms with van der Waals surface area (Å²) in [6.07, 6.45) is 1.20. The van der Waals surface area contributed by atoms with Crippen molar-refractivity contribution < 1.29 is 17.9 Å². The van der Waals surface area contributed by atoms with Crippen LogP contribution in [0.4, 0.5) is 13.2 Å². The number of ether oxygens (including phenoxy) is 1. The molecule has 0 bridgehead atoms. The standard InChI is InChI=1S/C15H21F3N2O/c1-19-13(7-9-21-10-15(16,17)18)12-6-2-4-11-5-3-8-20-14(11)12/h3,5,8,12-13,19H,2,4,6-7,9-10H2,1H3. The van der Waals surface area contributed by atoms with Gasteiger partial charge in [0.15, 0.2) is 0 Å². The number of pyridine rings is 1. The summed E-state index contributed by atoms with van der Waals surface area (Å²) in [4.78, 5) is 4.48. The average Bonchev–Trinajstić information content (AvgIpc) is 2.46. The lowest BCUT2D eigenvalue weighted by atomic mass is 9.81. The highest BCUT2D eigenvalue weighted by atomic mass is 19.4. The molecule has 0 aromatic carbocycles. The van der Waals surface area contributed by atoms with Crippen molar-refractivity contribution >= 4 is 0 Å². The molecule has 0 amide bonds. The van der Waals surface area contributed by atoms with E-state index >= 15 is 0 Å². The molecule has 1 aliphatic rings. The fraction of sp³-hybridized carbons (Fsp3) is 0.667. The van der Waals surface area contributed by atoms with Gasteiger partial charge < -0.3 is 10.1 Å². The minimum absolute atomic E-state index is 0.0900. The van der Waals surface area contributed by atoms with Crippen LogP contribution >= 0.6 is 0 Å². The number of fused-ring (bicyclic) bond motifs is 1. The van der Waals surface area contributed by atoms with Gasteiger partial charge in [-0.05, 0) is 44.4 Å². The molecule has 0 fully saturated rings. The van der Waals surface area contributed by atoms with Crippen molar-refractivity contribution in [2.75, 3.05) is 20.3 Å². The van der Waals surface area contributed by atoms with Crippen LogP contribution in [0.25, 0.3) is 0 Å². The van der Waals surface area contributed by atoms with Crippen molar-refractivity contribution in [3.63, 3.8) is 0 Å². The number of aromatic nitrogens is 1. The highest BCUT2D eigenvalue weighted by Gasteiger charge is 2.30. The summed E-state index contributed by atoms with van der Waals surface area (Å²) < 4.78 is 40.9. The average molecular weight is 302 g/mol. The molecule has 1 aromatic rings. The zero-order valence-corrected chi connectivity index (χ0v) is 12.1. The van der Waals surface area contributed by atoms with E-state index in [9.17, 15) is 13.2 Å². The van der Waals surface area contributed by atoms with Gasteiger partial charge in [-0.25, -0.2) is 0 Å². The molecule has 1 heterocycles. The van der Waals surface area contributed by atoms with Crippen molar-refractivity contribution in [2.45, 2.75) is 43.8 Å². The lowest BCUT2D eigenvalue weighted by Gasteiger charge is -2.31. The van der Waals surface area contributed by atoms with Crippen molar-refractivity contribution in [3.8, 4) is 0 Å². The maximum Gasteiger partial charge on any atom is 0.411 e. The zero-order chi connectivity index (χ0) is 15.3. The van der Waals surface area contributed by atoms with Gasteiger partial charge in [0.05, 0.1) is 0 Å². The number of nitrogens with one attached hydrogen (secondary N) is 1. The van der Waals surface area contributed by atoms with E-state index in [1.807, 2.05) is 13.1 Å². The smallest absolute Gasteiger partial charge is 0.372 e. The Morgan fingerprint density at radius 3 is 3.00 bits per heavy atom. The molecule has 0 radical (unpaired) electrons. The maximum absolute atomic E-state index is 12.1. The second kappa shape index (κ2) is 7.22. The molecule has 1 aromatic heterocycles. The van der Waals surface area contributed by atoms with Gasteiger partial charge >= 0.3 is 6.18 Å². The Morgan fingerprint density at radius 2 is 2.29 bits per heavy atom. The molecule has 6 heteroatoms. The molecule has 118 valence electrons. The van der Waals surface area contributed by atoms with Gasteiger partial charge in [0.1, 0.15) is 6.61 Å². The van der Waals surface area contributed by atoms with Crippen molar-refractivity contribution in [1.82, 2.24) is 10.3 Å². The molecule has 2 unspecified atom stereocenters. The number of hydrogen-bond acceptors (Lipinski definition) is 3. The Morgan fingerprint density at radius 1 is 1.48 bits per heavy atom. The topological polar surface area (TPSA) is 34.1 Å². The van der Waals surface area contributed by atoms with E-state index in [2.05, 4.69) is 16.4 Å². The molecule has 0 spiro atoms. The van der Waals surface area contributed by atoms with Crippen LogP contribution in [-0.4, -0.2) is 37.5 Å². The first-order valence-corrected chi connectivity index (χ1v) is 7.27. The van der Waals surface area contributed by atoms with Gasteiger partial charge in [0, 0.05) is 30.5 Å². The van der Waals surface area contributed by atoms with Gasteiger partial charge in [-0.3, -0.25) is 4.98 Å². The lowest BCUT2D eigenvalue weighted by molar-refractivity contribution is -0.174. The van der Waals surface area contributed by atoms with Gasteiger partial charge in [-0.15, -0.1) is 0 Å². The largest absolute Gasteiger partial charge is 0.411 e. The molecule has 2 rings (SSSR count). The third-order valence-corrected chi connectivity index (χ3v) is 3.93. The SMILES string of the molecule is CNC(CCOCC(F)(F)F)C1CCCc2cccnc21. The summed E-state index contributed by atoms with van der Waals surface area (Å²) in [5.41, 5.74) is 2.34. The van der Waals surface area contributed by atoms with E-state index in [1.54, 1.807) is 6.20 Å². The first-order valence-electron chi connectivity index (χ1n) is 7.27. The molecule has 3 nitrogen and oxygen atoms in total. The Balaban J connectivity index is 1.93. The number of halogens is 3. The van der Waals surface area contributed by atoms with Gasteiger partial charge in [0.2, 0.25) is 0 Å². The highest BCUT2D eigenvalue weighted by molar-refractivity contribution is 5.27. The minimum atomic E-state index is -4.26. The number of alkyl halides is 3. The normalized spacial score (nSPS) is 20.1. The summed E-state index contributed by atoms with van der Waals surface area (Å²) in [7, 11) is 1.84. The van der Waals surface area contributed by atoms with Crippen molar-refractivity contribution in [2.24, 2.45) is 0 Å². The van der Waals surface area contributed by atoms with Crippen LogP contribution in [-0.2, 0) is 11.2 Å². The molecular formula is C15H21F3N2O. The Hall–Kier alpha value is -1.14. The number of rotatable bonds is 6. The molecule has 0 saturated heterocycles. The molecule has 0 aliphatic heterocycles. The Kier molecular flexibility index (Phi) is 5.58. The van der Waals surface area contributed by atoms with Gasteiger partial charge in [-0.2, -0.15) is 13.2 Å². The fourth-order valence-electron chi connectivity index (χ4n) is 2.98. The molecule has 21 heavy (non-hydrogen) atoms. The predicted molar refractivity (Wildman–Crippen MR) is 74.3 cm³/mol. The second-order valence-corrected chi connectivity index (χ2v) is 5.40. The van der Waals surface area contributed by atoms with E-state index in [0.29, 0.717) is 6.42 Å². The van der Waals surface area contributed by atoms with Crippen LogP contribution < -0.4 is 5.32 Å². The van der Waals surface area contributed by atoms with Crippen LogP contribution in [0.3, 0.4) is 0 Å². The molecule has 2 atom stereocenters. The molecular weight excluding hydrogens is 281 g/mol. The van der Waals surface area contributed by atoms with Gasteiger partial charge in [0.25, 0.3) is 0 Å². The Bertz CT molecular complexity index is 451. The summed E-state index contributed by atoms with van der Waals surface area (Å²) in [6, 6.07) is 4.11. The van der Waals surface area contributed by atoms with Crippen LogP contribution in [0.1, 0.15) is 36.4 Å². The summed E-state index contributed by atoms with van der Waals surface area (Å²) in [5.74, 6) is 0.245. The van der Waals surface area contributed by atoms with E-state index in [1.165, 1.54) is 5.56 Å². The van der Waals surface area contributed by atoms with Gasteiger partial charge in [-0.1, -0.05) is 6.07 Å². The summed E-state index contributed by atoms with van der Waals surface area (Å²) in [6.45, 7) is -1.08. The third kappa shape index (κ3) is 4.68. The quantitative estimate of drug-likeness (QED) is 0.820. The lowest BCUT2D eigenvalue weighted by Crippen LogP contribution is -2.36. The second-order valence-electron chi connectivity index (χ2n) is 5.40. The van der Waals surface area contributed by atoms with E-state index in [0.717, 1.165) is 25.0 Å². The van der Waals surface area contributed by atoms with Crippen LogP contribution in [0.15, 0.2) is 18.3 Å². The molecule has 1 aliphatic carbocycles. The molecule has 0 saturated carbocycles. The Labute approximate surface area is 122 Å². The predicted octanol–water partition coefficient (Wildman–Crippen LogP) is 3.06. The first kappa shape index (κ1) is 16.2. The fourth-order valence-corrected chi connectivity index (χ4v) is 2.98. The maximum atomic E-state index is 12.1. The number of aryl methyl sites for hydroxylation is 1. The van der Waals surface area contributed by atoms with E-state index in [-0.39, 0.29) is 18.6 Å². The number of likely N-dealkylation sites (N-methyl/N-ethyl adjacent to an activating group) is 1. The number of hydrogen-bond donors (Lipinski definition) is 1.